The lowest BCUT2D eigenvalue weighted by molar-refractivity contribution is 0.0397. The zero-order valence-corrected chi connectivity index (χ0v) is 13.5. The van der Waals surface area contributed by atoms with Crippen LogP contribution in [-0.2, 0) is 14.2 Å². The van der Waals surface area contributed by atoms with Gasteiger partial charge in [0.05, 0.1) is 36.5 Å². The summed E-state index contributed by atoms with van der Waals surface area (Å²) in [7, 11) is 2.43. The Morgan fingerprint density at radius 3 is 1.24 bits per heavy atom. The Hall–Kier alpha value is -3.48. The van der Waals surface area contributed by atoms with Crippen molar-refractivity contribution in [3.63, 3.8) is 0 Å². The maximum absolute atomic E-state index is 12.1. The minimum Gasteiger partial charge on any atom is -0.465 e. The van der Waals surface area contributed by atoms with Crippen molar-refractivity contribution in [2.45, 2.75) is 0 Å². The SMILES string of the molecule is COC(=O)c1cccc(C(=O)OC(=O)c2cccc(C(=O)OC)c2)c1. The lowest BCUT2D eigenvalue weighted by Crippen LogP contribution is -2.14. The summed E-state index contributed by atoms with van der Waals surface area (Å²) in [4.78, 5) is 47.1. The molecule has 7 heteroatoms. The van der Waals surface area contributed by atoms with E-state index in [1.165, 1.54) is 62.8 Å². The quantitative estimate of drug-likeness (QED) is 0.478. The van der Waals surface area contributed by atoms with Crippen LogP contribution < -0.4 is 0 Å². The molecule has 0 bridgehead atoms. The number of hydrogen-bond acceptors (Lipinski definition) is 7. The standard InChI is InChI=1S/C18H14O7/c1-23-15(19)11-5-3-7-13(9-11)17(21)25-18(22)14-8-4-6-12(10-14)16(20)24-2/h3-10H,1-2H3. The summed E-state index contributed by atoms with van der Waals surface area (Å²) in [5.74, 6) is -3.10. The number of carbonyl (C=O) groups excluding carboxylic acids is 4. The van der Waals surface area contributed by atoms with Crippen LogP contribution in [0.3, 0.4) is 0 Å². The molecule has 0 atom stereocenters. The van der Waals surface area contributed by atoms with E-state index in [0.717, 1.165) is 0 Å². The Kier molecular flexibility index (Phi) is 5.62. The summed E-state index contributed by atoms with van der Waals surface area (Å²) >= 11 is 0. The molecule has 0 N–H and O–H groups in total. The van der Waals surface area contributed by atoms with Crippen LogP contribution in [0, 0.1) is 0 Å². The van der Waals surface area contributed by atoms with Gasteiger partial charge in [-0.3, -0.25) is 0 Å². The van der Waals surface area contributed by atoms with Crippen LogP contribution in [0.25, 0.3) is 0 Å². The summed E-state index contributed by atoms with van der Waals surface area (Å²) in [6, 6.07) is 11.2. The van der Waals surface area contributed by atoms with E-state index in [0.29, 0.717) is 0 Å². The van der Waals surface area contributed by atoms with Crippen LogP contribution in [0.5, 0.6) is 0 Å². The lowest BCUT2D eigenvalue weighted by atomic mass is 10.1. The molecular weight excluding hydrogens is 328 g/mol. The fourth-order valence-electron chi connectivity index (χ4n) is 1.98. The molecule has 0 heterocycles. The number of benzene rings is 2. The molecule has 128 valence electrons. The molecule has 0 saturated heterocycles. The Labute approximate surface area is 143 Å². The second-order valence-electron chi connectivity index (χ2n) is 4.82. The molecule has 25 heavy (non-hydrogen) atoms. The van der Waals surface area contributed by atoms with Crippen molar-refractivity contribution in [1.29, 1.82) is 0 Å². The van der Waals surface area contributed by atoms with Gasteiger partial charge in [-0.25, -0.2) is 19.2 Å². The summed E-state index contributed by atoms with van der Waals surface area (Å²) in [5.41, 5.74) is 0.329. The number of rotatable bonds is 4. The lowest BCUT2D eigenvalue weighted by Gasteiger charge is -2.06. The van der Waals surface area contributed by atoms with Crippen LogP contribution in [0.4, 0.5) is 0 Å². The zero-order chi connectivity index (χ0) is 18.4. The molecule has 0 aliphatic carbocycles. The van der Waals surface area contributed by atoms with Crippen LogP contribution >= 0.6 is 0 Å². The average Bonchev–Trinajstić information content (AvgIpc) is 2.66. The number of methoxy groups -OCH3 is 2. The fraction of sp³-hybridized carbons (Fsp3) is 0.111. The van der Waals surface area contributed by atoms with Gasteiger partial charge < -0.3 is 14.2 Å². The van der Waals surface area contributed by atoms with Crippen LogP contribution in [0.2, 0.25) is 0 Å². The van der Waals surface area contributed by atoms with Crippen LogP contribution in [-0.4, -0.2) is 38.1 Å². The normalized spacial score (nSPS) is 9.84. The maximum atomic E-state index is 12.1. The second-order valence-corrected chi connectivity index (χ2v) is 4.82. The van der Waals surface area contributed by atoms with E-state index in [4.69, 9.17) is 4.74 Å². The number of hydrogen-bond donors (Lipinski definition) is 0. The highest BCUT2D eigenvalue weighted by molar-refractivity contribution is 6.04. The molecule has 0 aromatic heterocycles. The van der Waals surface area contributed by atoms with Gasteiger partial charge in [0.2, 0.25) is 0 Å². The van der Waals surface area contributed by atoms with Gasteiger partial charge in [0.25, 0.3) is 0 Å². The molecule has 7 nitrogen and oxygen atoms in total. The van der Waals surface area contributed by atoms with E-state index >= 15 is 0 Å². The summed E-state index contributed by atoms with van der Waals surface area (Å²) < 4.78 is 13.9. The smallest absolute Gasteiger partial charge is 0.346 e. The molecular formula is C18H14O7. The molecule has 2 aromatic carbocycles. The highest BCUT2D eigenvalue weighted by atomic mass is 16.6. The minimum absolute atomic E-state index is 0.0142. The van der Waals surface area contributed by atoms with Crippen LogP contribution in [0.15, 0.2) is 48.5 Å². The third-order valence-electron chi connectivity index (χ3n) is 3.22. The predicted molar refractivity (Wildman–Crippen MR) is 85.3 cm³/mol. The fourth-order valence-corrected chi connectivity index (χ4v) is 1.98. The summed E-state index contributed by atoms with van der Waals surface area (Å²) in [6.07, 6.45) is 0. The summed E-state index contributed by atoms with van der Waals surface area (Å²) in [5, 5.41) is 0. The molecule has 0 aliphatic heterocycles. The monoisotopic (exact) mass is 342 g/mol. The molecule has 0 unspecified atom stereocenters. The molecule has 0 spiro atoms. The minimum atomic E-state index is -0.931. The molecule has 0 fully saturated rings. The third-order valence-corrected chi connectivity index (χ3v) is 3.22. The van der Waals surface area contributed by atoms with Gasteiger partial charge in [-0.1, -0.05) is 12.1 Å². The molecule has 0 saturated carbocycles. The van der Waals surface area contributed by atoms with Crippen molar-refractivity contribution >= 4 is 23.9 Å². The van der Waals surface area contributed by atoms with Gasteiger partial charge in [-0.15, -0.1) is 0 Å². The van der Waals surface area contributed by atoms with Gasteiger partial charge in [0.1, 0.15) is 0 Å². The Balaban J connectivity index is 2.17. The van der Waals surface area contributed by atoms with Gasteiger partial charge >= 0.3 is 23.9 Å². The van der Waals surface area contributed by atoms with E-state index in [1.807, 2.05) is 0 Å². The van der Waals surface area contributed by atoms with E-state index in [9.17, 15) is 19.2 Å². The van der Waals surface area contributed by atoms with Gasteiger partial charge in [0.15, 0.2) is 0 Å². The van der Waals surface area contributed by atoms with Crippen LogP contribution in [0.1, 0.15) is 41.4 Å². The number of carbonyl (C=O) groups is 4. The Morgan fingerprint density at radius 2 is 0.920 bits per heavy atom. The zero-order valence-electron chi connectivity index (χ0n) is 13.5. The highest BCUT2D eigenvalue weighted by Gasteiger charge is 2.18. The topological polar surface area (TPSA) is 96.0 Å². The van der Waals surface area contributed by atoms with E-state index < -0.39 is 23.9 Å². The first kappa shape index (κ1) is 17.9. The predicted octanol–water partition coefficient (Wildman–Crippen LogP) is 2.26. The molecule has 0 amide bonds. The number of ether oxygens (including phenoxy) is 3. The first-order chi connectivity index (χ1) is 12.0. The summed E-state index contributed by atoms with van der Waals surface area (Å²) in [6.45, 7) is 0. The third kappa shape index (κ3) is 4.29. The molecule has 2 rings (SSSR count). The molecule has 0 radical (unpaired) electrons. The van der Waals surface area contributed by atoms with Gasteiger partial charge in [-0.2, -0.15) is 0 Å². The van der Waals surface area contributed by atoms with Crippen molar-refractivity contribution in [2.75, 3.05) is 14.2 Å². The largest absolute Gasteiger partial charge is 0.465 e. The average molecular weight is 342 g/mol. The van der Waals surface area contributed by atoms with Gasteiger partial charge in [0, 0.05) is 0 Å². The van der Waals surface area contributed by atoms with Crippen molar-refractivity contribution in [3.05, 3.63) is 70.8 Å². The molecule has 0 aliphatic rings. The first-order valence-corrected chi connectivity index (χ1v) is 7.09. The van der Waals surface area contributed by atoms with E-state index in [-0.39, 0.29) is 22.3 Å². The Bertz CT molecular complexity index is 769. The first-order valence-electron chi connectivity index (χ1n) is 7.09. The highest BCUT2D eigenvalue weighted by Crippen LogP contribution is 2.12. The second kappa shape index (κ2) is 7.87. The number of esters is 4. The van der Waals surface area contributed by atoms with Crippen molar-refractivity contribution < 1.29 is 33.4 Å². The maximum Gasteiger partial charge on any atom is 0.346 e. The van der Waals surface area contributed by atoms with E-state index in [2.05, 4.69) is 9.47 Å². The van der Waals surface area contributed by atoms with Crippen molar-refractivity contribution in [1.82, 2.24) is 0 Å². The van der Waals surface area contributed by atoms with Crippen molar-refractivity contribution in [2.24, 2.45) is 0 Å². The van der Waals surface area contributed by atoms with Gasteiger partial charge in [-0.05, 0) is 36.4 Å². The van der Waals surface area contributed by atoms with E-state index in [1.54, 1.807) is 0 Å². The Morgan fingerprint density at radius 1 is 0.600 bits per heavy atom. The molecule has 2 aromatic rings. The van der Waals surface area contributed by atoms with Crippen molar-refractivity contribution in [3.8, 4) is 0 Å².